The first-order valence-corrected chi connectivity index (χ1v) is 10.2. The van der Waals surface area contributed by atoms with E-state index in [2.05, 4.69) is 22.5 Å². The largest absolute Gasteiger partial charge is 0.497 e. The lowest BCUT2D eigenvalue weighted by molar-refractivity contribution is 0.233. The molecule has 2 amide bonds. The number of halogens is 1. The van der Waals surface area contributed by atoms with Crippen LogP contribution < -0.4 is 25.0 Å². The first-order valence-electron chi connectivity index (χ1n) is 9.83. The van der Waals surface area contributed by atoms with Crippen molar-refractivity contribution < 1.29 is 14.3 Å². The van der Waals surface area contributed by atoms with Crippen LogP contribution in [0.4, 0.5) is 10.5 Å². The Hall–Kier alpha value is -2.60. The highest BCUT2D eigenvalue weighted by molar-refractivity contribution is 6.30. The minimum absolute atomic E-state index is 0.0496. The van der Waals surface area contributed by atoms with Gasteiger partial charge in [0, 0.05) is 24.2 Å². The molecular formula is C22H28ClN3O3. The summed E-state index contributed by atoms with van der Waals surface area (Å²) in [6.07, 6.45) is 1.67. The molecule has 7 heteroatoms. The minimum Gasteiger partial charge on any atom is -0.497 e. The Morgan fingerprint density at radius 2 is 1.97 bits per heavy atom. The van der Waals surface area contributed by atoms with Gasteiger partial charge in [-0.1, -0.05) is 30.7 Å². The number of anilines is 1. The zero-order valence-corrected chi connectivity index (χ0v) is 17.8. The Bertz CT molecular complexity index is 829. The first-order chi connectivity index (χ1) is 14.0. The van der Waals surface area contributed by atoms with Gasteiger partial charge in [0.1, 0.15) is 11.5 Å². The number of urea groups is 1. The van der Waals surface area contributed by atoms with Crippen LogP contribution in [0.1, 0.15) is 31.4 Å². The fourth-order valence-corrected chi connectivity index (χ4v) is 3.82. The summed E-state index contributed by atoms with van der Waals surface area (Å²) >= 11 is 6.15. The third-order valence-electron chi connectivity index (χ3n) is 5.24. The summed E-state index contributed by atoms with van der Waals surface area (Å²) < 4.78 is 10.7. The van der Waals surface area contributed by atoms with Gasteiger partial charge in [0.15, 0.2) is 0 Å². The number of carbonyl (C=O) groups excluding carboxylic acids is 1. The topological polar surface area (TPSA) is 62.8 Å². The van der Waals surface area contributed by atoms with Crippen LogP contribution in [0, 0.1) is 0 Å². The fraction of sp³-hybridized carbons (Fsp3) is 0.409. The summed E-state index contributed by atoms with van der Waals surface area (Å²) in [6.45, 7) is 3.60. The standard InChI is InChI=1S/C22H28ClN3O3/c1-4-19(15-5-8-18(28-2)9-6-15)25-22(27)24-17-11-12-26(14-17)20-13-16(23)7-10-21(20)29-3/h5-10,13,17,19H,4,11-12,14H2,1-3H3,(H2,24,25,27). The third-order valence-corrected chi connectivity index (χ3v) is 5.47. The molecule has 2 aromatic rings. The van der Waals surface area contributed by atoms with E-state index >= 15 is 0 Å². The number of hydrogen-bond acceptors (Lipinski definition) is 4. The zero-order valence-electron chi connectivity index (χ0n) is 17.1. The zero-order chi connectivity index (χ0) is 20.8. The minimum atomic E-state index is -0.155. The number of rotatable bonds is 7. The maximum atomic E-state index is 12.6. The molecule has 1 saturated heterocycles. The third kappa shape index (κ3) is 5.26. The molecule has 1 heterocycles. The molecule has 3 rings (SSSR count). The molecule has 156 valence electrons. The molecule has 2 unspecified atom stereocenters. The summed E-state index contributed by atoms with van der Waals surface area (Å²) in [5, 5.41) is 6.84. The fourth-order valence-electron chi connectivity index (χ4n) is 3.65. The lowest BCUT2D eigenvalue weighted by Crippen LogP contribution is -2.44. The van der Waals surface area contributed by atoms with Gasteiger partial charge in [-0.3, -0.25) is 0 Å². The molecule has 6 nitrogen and oxygen atoms in total. The van der Waals surface area contributed by atoms with Crippen LogP contribution in [0.25, 0.3) is 0 Å². The van der Waals surface area contributed by atoms with Gasteiger partial charge in [-0.15, -0.1) is 0 Å². The molecular weight excluding hydrogens is 390 g/mol. The van der Waals surface area contributed by atoms with E-state index in [0.29, 0.717) is 11.6 Å². The first kappa shape index (κ1) is 21.1. The van der Waals surface area contributed by atoms with E-state index in [4.69, 9.17) is 21.1 Å². The van der Waals surface area contributed by atoms with Crippen LogP contribution in [0.15, 0.2) is 42.5 Å². The highest BCUT2D eigenvalue weighted by atomic mass is 35.5. The normalized spacial score (nSPS) is 17.0. The van der Waals surface area contributed by atoms with Crippen LogP contribution >= 0.6 is 11.6 Å². The van der Waals surface area contributed by atoms with Gasteiger partial charge in [0.05, 0.1) is 25.9 Å². The van der Waals surface area contributed by atoms with Gasteiger partial charge < -0.3 is 25.0 Å². The smallest absolute Gasteiger partial charge is 0.315 e. The van der Waals surface area contributed by atoms with Crippen molar-refractivity contribution in [2.75, 3.05) is 32.2 Å². The van der Waals surface area contributed by atoms with Crippen LogP contribution in [0.3, 0.4) is 0 Å². The number of nitrogens with one attached hydrogen (secondary N) is 2. The second-order valence-corrected chi connectivity index (χ2v) is 7.54. The Balaban J connectivity index is 1.57. The lowest BCUT2D eigenvalue weighted by atomic mass is 10.0. The molecule has 0 radical (unpaired) electrons. The van der Waals surface area contributed by atoms with Crippen molar-refractivity contribution in [2.24, 2.45) is 0 Å². The van der Waals surface area contributed by atoms with E-state index < -0.39 is 0 Å². The average Bonchev–Trinajstić information content (AvgIpc) is 3.20. The van der Waals surface area contributed by atoms with Crippen LogP contribution in [-0.2, 0) is 0 Å². The average molecular weight is 418 g/mol. The molecule has 0 aromatic heterocycles. The molecule has 1 fully saturated rings. The van der Waals surface area contributed by atoms with E-state index in [1.54, 1.807) is 14.2 Å². The number of hydrogen-bond donors (Lipinski definition) is 2. The van der Waals surface area contributed by atoms with Crippen molar-refractivity contribution >= 4 is 23.3 Å². The molecule has 2 N–H and O–H groups in total. The highest BCUT2D eigenvalue weighted by Gasteiger charge is 2.26. The molecule has 0 spiro atoms. The van der Waals surface area contributed by atoms with Crippen molar-refractivity contribution in [3.05, 3.63) is 53.1 Å². The van der Waals surface area contributed by atoms with Gasteiger partial charge >= 0.3 is 6.03 Å². The number of benzene rings is 2. The summed E-state index contributed by atoms with van der Waals surface area (Å²) in [5.74, 6) is 1.58. The van der Waals surface area contributed by atoms with Gasteiger partial charge in [-0.2, -0.15) is 0 Å². The van der Waals surface area contributed by atoms with Crippen LogP contribution in [0.2, 0.25) is 5.02 Å². The van der Waals surface area contributed by atoms with E-state index in [0.717, 1.165) is 42.1 Å². The Kier molecular flexibility index (Phi) is 7.09. The molecule has 2 aromatic carbocycles. The maximum Gasteiger partial charge on any atom is 0.315 e. The summed E-state index contributed by atoms with van der Waals surface area (Å²) in [5.41, 5.74) is 2.01. The van der Waals surface area contributed by atoms with Crippen LogP contribution in [0.5, 0.6) is 11.5 Å². The second kappa shape index (κ2) is 9.74. The molecule has 1 aliphatic heterocycles. The van der Waals surface area contributed by atoms with Crippen molar-refractivity contribution in [1.82, 2.24) is 10.6 Å². The van der Waals surface area contributed by atoms with Crippen molar-refractivity contribution in [3.8, 4) is 11.5 Å². The van der Waals surface area contributed by atoms with E-state index in [1.807, 2.05) is 42.5 Å². The summed E-state index contributed by atoms with van der Waals surface area (Å²) in [4.78, 5) is 14.8. The van der Waals surface area contributed by atoms with Gasteiger partial charge in [0.2, 0.25) is 0 Å². The Labute approximate surface area is 177 Å². The maximum absolute atomic E-state index is 12.6. The SMILES string of the molecule is CCC(NC(=O)NC1CCN(c2cc(Cl)ccc2OC)C1)c1ccc(OC)cc1. The van der Waals surface area contributed by atoms with Crippen LogP contribution in [-0.4, -0.2) is 39.4 Å². The van der Waals surface area contributed by atoms with Crippen molar-refractivity contribution in [3.63, 3.8) is 0 Å². The molecule has 1 aliphatic rings. The second-order valence-electron chi connectivity index (χ2n) is 7.10. The molecule has 29 heavy (non-hydrogen) atoms. The quantitative estimate of drug-likeness (QED) is 0.701. The predicted octanol–water partition coefficient (Wildman–Crippen LogP) is 4.39. The predicted molar refractivity (Wildman–Crippen MR) is 116 cm³/mol. The van der Waals surface area contributed by atoms with E-state index in [1.165, 1.54) is 0 Å². The molecule has 0 saturated carbocycles. The Morgan fingerprint density at radius 3 is 2.62 bits per heavy atom. The number of ether oxygens (including phenoxy) is 2. The highest BCUT2D eigenvalue weighted by Crippen LogP contribution is 2.33. The van der Waals surface area contributed by atoms with Gasteiger partial charge in [-0.05, 0) is 48.7 Å². The lowest BCUT2D eigenvalue weighted by Gasteiger charge is -2.23. The molecule has 0 bridgehead atoms. The van der Waals surface area contributed by atoms with E-state index in [-0.39, 0.29) is 18.1 Å². The summed E-state index contributed by atoms with van der Waals surface area (Å²) in [6, 6.07) is 13.2. The number of amides is 2. The number of carbonyl (C=O) groups is 1. The number of nitrogens with zero attached hydrogens (tertiary/aromatic N) is 1. The number of methoxy groups -OCH3 is 2. The Morgan fingerprint density at radius 1 is 1.21 bits per heavy atom. The van der Waals surface area contributed by atoms with Gasteiger partial charge in [0.25, 0.3) is 0 Å². The van der Waals surface area contributed by atoms with E-state index in [9.17, 15) is 4.79 Å². The summed E-state index contributed by atoms with van der Waals surface area (Å²) in [7, 11) is 3.29. The van der Waals surface area contributed by atoms with Crippen molar-refractivity contribution in [1.29, 1.82) is 0 Å². The monoisotopic (exact) mass is 417 g/mol. The van der Waals surface area contributed by atoms with Gasteiger partial charge in [-0.25, -0.2) is 4.79 Å². The molecule has 0 aliphatic carbocycles. The van der Waals surface area contributed by atoms with Crippen molar-refractivity contribution in [2.45, 2.75) is 31.8 Å². The molecule has 2 atom stereocenters.